The Morgan fingerprint density at radius 1 is 1.25 bits per heavy atom. The number of aryl methyl sites for hydroxylation is 1. The highest BCUT2D eigenvalue weighted by Gasteiger charge is 2.31. The van der Waals surface area contributed by atoms with Gasteiger partial charge in [-0.3, -0.25) is 9.69 Å². The zero-order valence-corrected chi connectivity index (χ0v) is 12.4. The van der Waals surface area contributed by atoms with Gasteiger partial charge in [0.15, 0.2) is 6.29 Å². The Kier molecular flexibility index (Phi) is 3.89. The Bertz CT molecular complexity index is 516. The van der Waals surface area contributed by atoms with E-state index in [-0.39, 0.29) is 5.15 Å². The van der Waals surface area contributed by atoms with Crippen molar-refractivity contribution in [3.05, 3.63) is 16.5 Å². The fourth-order valence-electron chi connectivity index (χ4n) is 3.21. The molecule has 2 fully saturated rings. The summed E-state index contributed by atoms with van der Waals surface area (Å²) in [4.78, 5) is 24.5. The van der Waals surface area contributed by atoms with Crippen LogP contribution in [0.4, 0.5) is 5.82 Å². The van der Waals surface area contributed by atoms with Crippen LogP contribution in [0.1, 0.15) is 35.4 Å². The summed E-state index contributed by atoms with van der Waals surface area (Å²) in [6.45, 7) is 6.05. The Labute approximate surface area is 123 Å². The van der Waals surface area contributed by atoms with E-state index < -0.39 is 0 Å². The van der Waals surface area contributed by atoms with Crippen LogP contribution in [0.3, 0.4) is 0 Å². The number of hydrogen-bond acceptors (Lipinski definition) is 5. The van der Waals surface area contributed by atoms with E-state index in [1.165, 1.54) is 25.9 Å². The molecule has 0 aliphatic carbocycles. The highest BCUT2D eigenvalue weighted by molar-refractivity contribution is 6.32. The molecule has 2 saturated heterocycles. The molecule has 1 unspecified atom stereocenters. The molecule has 0 bridgehead atoms. The van der Waals surface area contributed by atoms with E-state index in [0.29, 0.717) is 23.2 Å². The third-order valence-corrected chi connectivity index (χ3v) is 4.52. The molecule has 0 aromatic carbocycles. The van der Waals surface area contributed by atoms with Crippen LogP contribution in [0.25, 0.3) is 0 Å². The number of likely N-dealkylation sites (tertiary alicyclic amines) is 1. The lowest BCUT2D eigenvalue weighted by Gasteiger charge is -2.24. The minimum atomic E-state index is 0.257. The molecule has 1 aromatic heterocycles. The van der Waals surface area contributed by atoms with E-state index in [9.17, 15) is 4.79 Å². The molecule has 0 spiro atoms. The molecule has 1 atom stereocenters. The number of aldehydes is 1. The van der Waals surface area contributed by atoms with Gasteiger partial charge in [-0.05, 0) is 39.3 Å². The van der Waals surface area contributed by atoms with Crippen molar-refractivity contribution in [2.45, 2.75) is 32.2 Å². The molecule has 0 N–H and O–H groups in total. The summed E-state index contributed by atoms with van der Waals surface area (Å²) < 4.78 is 0. The molecular formula is C14H19ClN4O. The normalized spacial score (nSPS) is 23.5. The minimum Gasteiger partial charge on any atom is -0.354 e. The predicted octanol–water partition coefficient (Wildman–Crippen LogP) is 1.93. The monoisotopic (exact) mass is 294 g/mol. The van der Waals surface area contributed by atoms with Crippen LogP contribution in [0.2, 0.25) is 5.15 Å². The molecule has 108 valence electrons. The quantitative estimate of drug-likeness (QED) is 0.630. The average molecular weight is 295 g/mol. The fourth-order valence-corrected chi connectivity index (χ4v) is 3.47. The van der Waals surface area contributed by atoms with Gasteiger partial charge in [-0.2, -0.15) is 0 Å². The van der Waals surface area contributed by atoms with Crippen molar-refractivity contribution in [3.63, 3.8) is 0 Å². The molecule has 3 rings (SSSR count). The summed E-state index contributed by atoms with van der Waals surface area (Å²) in [6, 6.07) is 0.575. The maximum absolute atomic E-state index is 11.3. The van der Waals surface area contributed by atoms with Gasteiger partial charge in [0.1, 0.15) is 16.8 Å². The highest BCUT2D eigenvalue weighted by Crippen LogP contribution is 2.28. The average Bonchev–Trinajstić information content (AvgIpc) is 3.09. The summed E-state index contributed by atoms with van der Waals surface area (Å²) in [5.74, 6) is 1.31. The van der Waals surface area contributed by atoms with E-state index in [4.69, 9.17) is 11.6 Å². The lowest BCUT2D eigenvalue weighted by molar-refractivity contribution is 0.112. The van der Waals surface area contributed by atoms with Crippen molar-refractivity contribution >= 4 is 23.7 Å². The topological polar surface area (TPSA) is 49.3 Å². The molecule has 20 heavy (non-hydrogen) atoms. The summed E-state index contributed by atoms with van der Waals surface area (Å²) in [5, 5.41) is 0.257. The van der Waals surface area contributed by atoms with Gasteiger partial charge < -0.3 is 4.90 Å². The Morgan fingerprint density at radius 2 is 2.00 bits per heavy atom. The first-order chi connectivity index (χ1) is 9.69. The molecule has 1 aromatic rings. The molecule has 5 nitrogen and oxygen atoms in total. The second-order valence-electron chi connectivity index (χ2n) is 5.55. The first-order valence-electron chi connectivity index (χ1n) is 7.17. The van der Waals surface area contributed by atoms with Gasteiger partial charge in [0.25, 0.3) is 0 Å². The first-order valence-corrected chi connectivity index (χ1v) is 7.55. The molecule has 6 heteroatoms. The smallest absolute Gasteiger partial charge is 0.156 e. The molecule has 2 aliphatic rings. The standard InChI is InChI=1S/C14H19ClN4O/c1-10-16-13(15)12(9-20)14(17-10)19-7-4-11(8-19)18-5-2-3-6-18/h9,11H,2-8H2,1H3. The highest BCUT2D eigenvalue weighted by atomic mass is 35.5. The number of nitrogens with zero attached hydrogens (tertiary/aromatic N) is 4. The number of anilines is 1. The van der Waals surface area contributed by atoms with E-state index in [1.807, 2.05) is 0 Å². The van der Waals surface area contributed by atoms with Gasteiger partial charge in [-0.15, -0.1) is 0 Å². The number of carbonyl (C=O) groups excluding carboxylic acids is 1. The van der Waals surface area contributed by atoms with E-state index in [0.717, 1.165) is 25.8 Å². The van der Waals surface area contributed by atoms with Gasteiger partial charge in [-0.1, -0.05) is 11.6 Å². The van der Waals surface area contributed by atoms with Crippen LogP contribution < -0.4 is 4.90 Å². The predicted molar refractivity (Wildman–Crippen MR) is 78.6 cm³/mol. The van der Waals surface area contributed by atoms with Gasteiger partial charge in [0.2, 0.25) is 0 Å². The maximum Gasteiger partial charge on any atom is 0.156 e. The van der Waals surface area contributed by atoms with Crippen molar-refractivity contribution in [2.24, 2.45) is 0 Å². The molecule has 0 saturated carbocycles. The Hall–Kier alpha value is -1.20. The molecule has 0 radical (unpaired) electrons. The first kappa shape index (κ1) is 13.8. The van der Waals surface area contributed by atoms with Crippen molar-refractivity contribution in [1.82, 2.24) is 14.9 Å². The van der Waals surface area contributed by atoms with Gasteiger partial charge in [-0.25, -0.2) is 9.97 Å². The van der Waals surface area contributed by atoms with Crippen LogP contribution in [0.5, 0.6) is 0 Å². The molecular weight excluding hydrogens is 276 g/mol. The third kappa shape index (κ3) is 2.52. The lowest BCUT2D eigenvalue weighted by atomic mass is 10.2. The second kappa shape index (κ2) is 5.66. The largest absolute Gasteiger partial charge is 0.354 e. The van der Waals surface area contributed by atoms with Crippen LogP contribution in [-0.4, -0.2) is 53.4 Å². The number of rotatable bonds is 3. The maximum atomic E-state index is 11.3. The van der Waals surface area contributed by atoms with Crippen molar-refractivity contribution in [1.29, 1.82) is 0 Å². The van der Waals surface area contributed by atoms with E-state index >= 15 is 0 Å². The molecule has 2 aliphatic heterocycles. The van der Waals surface area contributed by atoms with Gasteiger partial charge in [0.05, 0.1) is 5.56 Å². The number of aromatic nitrogens is 2. The van der Waals surface area contributed by atoms with Gasteiger partial charge >= 0.3 is 0 Å². The number of hydrogen-bond donors (Lipinski definition) is 0. The van der Waals surface area contributed by atoms with Crippen molar-refractivity contribution in [3.8, 4) is 0 Å². The van der Waals surface area contributed by atoms with Gasteiger partial charge in [0, 0.05) is 19.1 Å². The van der Waals surface area contributed by atoms with Crippen molar-refractivity contribution < 1.29 is 4.79 Å². The number of halogens is 1. The zero-order chi connectivity index (χ0) is 14.1. The van der Waals surface area contributed by atoms with E-state index in [1.54, 1.807) is 6.92 Å². The van der Waals surface area contributed by atoms with Crippen LogP contribution in [0.15, 0.2) is 0 Å². The summed E-state index contributed by atoms with van der Waals surface area (Å²) in [7, 11) is 0. The summed E-state index contributed by atoms with van der Waals surface area (Å²) in [6.07, 6.45) is 4.49. The second-order valence-corrected chi connectivity index (χ2v) is 5.91. The Balaban J connectivity index is 1.81. The summed E-state index contributed by atoms with van der Waals surface area (Å²) in [5.41, 5.74) is 0.416. The van der Waals surface area contributed by atoms with Crippen LogP contribution in [0, 0.1) is 6.92 Å². The van der Waals surface area contributed by atoms with E-state index in [2.05, 4.69) is 19.8 Å². The molecule has 3 heterocycles. The minimum absolute atomic E-state index is 0.257. The SMILES string of the molecule is Cc1nc(Cl)c(C=O)c(N2CCC(N3CCCC3)C2)n1. The van der Waals surface area contributed by atoms with Crippen molar-refractivity contribution in [2.75, 3.05) is 31.1 Å². The lowest BCUT2D eigenvalue weighted by Crippen LogP contribution is -2.35. The van der Waals surface area contributed by atoms with Crippen LogP contribution >= 0.6 is 11.6 Å². The fraction of sp³-hybridized carbons (Fsp3) is 0.643. The Morgan fingerprint density at radius 3 is 2.70 bits per heavy atom. The zero-order valence-electron chi connectivity index (χ0n) is 11.7. The van der Waals surface area contributed by atoms with Crippen LogP contribution in [-0.2, 0) is 0 Å². The number of carbonyl (C=O) groups is 1. The third-order valence-electron chi connectivity index (χ3n) is 4.23. The summed E-state index contributed by atoms with van der Waals surface area (Å²) >= 11 is 6.06. The molecule has 0 amide bonds.